The van der Waals surface area contributed by atoms with Gasteiger partial charge in [-0.15, -0.1) is 11.3 Å². The highest BCUT2D eigenvalue weighted by Crippen LogP contribution is 2.35. The Bertz CT molecular complexity index is 389. The van der Waals surface area contributed by atoms with Crippen molar-refractivity contribution in [3.8, 4) is 0 Å². The minimum Gasteiger partial charge on any atom is -0.378 e. The lowest BCUT2D eigenvalue weighted by atomic mass is 9.93. The first-order chi connectivity index (χ1) is 8.05. The van der Waals surface area contributed by atoms with Crippen LogP contribution in [0.5, 0.6) is 0 Å². The normalized spacial score (nSPS) is 18.9. The van der Waals surface area contributed by atoms with Crippen LogP contribution in [0.3, 0.4) is 0 Å². The summed E-state index contributed by atoms with van der Waals surface area (Å²) in [5.74, 6) is 0. The van der Waals surface area contributed by atoms with Gasteiger partial charge in [-0.1, -0.05) is 13.8 Å². The van der Waals surface area contributed by atoms with Gasteiger partial charge in [-0.3, -0.25) is 0 Å². The van der Waals surface area contributed by atoms with E-state index in [1.165, 1.54) is 6.42 Å². The Morgan fingerprint density at radius 3 is 2.82 bits per heavy atom. The van der Waals surface area contributed by atoms with Gasteiger partial charge in [-0.2, -0.15) is 0 Å². The van der Waals surface area contributed by atoms with Gasteiger partial charge in [0.2, 0.25) is 0 Å². The van der Waals surface area contributed by atoms with Crippen molar-refractivity contribution >= 4 is 16.5 Å². The Labute approximate surface area is 107 Å². The number of rotatable bonds is 4. The molecule has 0 aliphatic carbocycles. The van der Waals surface area contributed by atoms with Gasteiger partial charge in [0, 0.05) is 31.6 Å². The third-order valence-corrected chi connectivity index (χ3v) is 4.36. The number of anilines is 1. The van der Waals surface area contributed by atoms with Gasteiger partial charge in [0.1, 0.15) is 0 Å². The maximum atomic E-state index is 5.74. The fourth-order valence-corrected chi connectivity index (χ4v) is 3.16. The second-order valence-corrected chi connectivity index (χ2v) is 6.40. The van der Waals surface area contributed by atoms with E-state index in [2.05, 4.69) is 23.7 Å². The lowest BCUT2D eigenvalue weighted by Crippen LogP contribution is -2.22. The van der Waals surface area contributed by atoms with Crippen LogP contribution >= 0.6 is 11.3 Å². The third-order valence-electron chi connectivity index (χ3n) is 3.18. The maximum absolute atomic E-state index is 5.74. The molecule has 5 heteroatoms. The number of ether oxygens (including phenoxy) is 1. The quantitative estimate of drug-likeness (QED) is 0.894. The standard InChI is InChI=1S/C12H21N3OS/c1-12(2)4-5-15(8-12)11-14-9(7-16-3)10(6-13)17-11/h4-8,13H2,1-3H3. The number of methoxy groups -OCH3 is 1. The van der Waals surface area contributed by atoms with Crippen LogP contribution in [0.15, 0.2) is 0 Å². The Morgan fingerprint density at radius 2 is 2.29 bits per heavy atom. The zero-order valence-corrected chi connectivity index (χ0v) is 11.6. The second kappa shape index (κ2) is 4.92. The Hall–Kier alpha value is -0.650. The van der Waals surface area contributed by atoms with Crippen LogP contribution in [0.4, 0.5) is 5.13 Å². The Balaban J connectivity index is 2.16. The van der Waals surface area contributed by atoms with Crippen LogP contribution in [0.1, 0.15) is 30.8 Å². The Morgan fingerprint density at radius 1 is 1.53 bits per heavy atom. The number of hydrogen-bond donors (Lipinski definition) is 1. The summed E-state index contributed by atoms with van der Waals surface area (Å²) >= 11 is 1.71. The molecule has 0 aromatic carbocycles. The summed E-state index contributed by atoms with van der Waals surface area (Å²) in [7, 11) is 1.69. The molecule has 2 rings (SSSR count). The van der Waals surface area contributed by atoms with Gasteiger partial charge in [0.15, 0.2) is 5.13 Å². The number of thiazole rings is 1. The summed E-state index contributed by atoms with van der Waals surface area (Å²) in [6.45, 7) is 7.89. The molecular formula is C12H21N3OS. The first-order valence-electron chi connectivity index (χ1n) is 5.98. The van der Waals surface area contributed by atoms with Crippen molar-refractivity contribution in [2.24, 2.45) is 11.1 Å². The van der Waals surface area contributed by atoms with Crippen molar-refractivity contribution in [1.82, 2.24) is 4.98 Å². The molecule has 1 saturated heterocycles. The van der Waals surface area contributed by atoms with E-state index in [9.17, 15) is 0 Å². The van der Waals surface area contributed by atoms with Gasteiger partial charge in [-0.05, 0) is 11.8 Å². The number of hydrogen-bond acceptors (Lipinski definition) is 5. The molecule has 1 aliphatic heterocycles. The molecule has 1 aromatic heterocycles. The van der Waals surface area contributed by atoms with E-state index >= 15 is 0 Å². The molecule has 1 fully saturated rings. The Kier molecular flexibility index (Phi) is 3.70. The summed E-state index contributed by atoms with van der Waals surface area (Å²) in [6.07, 6.45) is 1.23. The summed E-state index contributed by atoms with van der Waals surface area (Å²) in [5, 5.41) is 1.10. The first-order valence-corrected chi connectivity index (χ1v) is 6.80. The zero-order chi connectivity index (χ0) is 12.5. The highest BCUT2D eigenvalue weighted by atomic mass is 32.1. The molecule has 1 aromatic rings. The van der Waals surface area contributed by atoms with Crippen molar-refractivity contribution in [2.45, 2.75) is 33.4 Å². The first kappa shape index (κ1) is 12.8. The summed E-state index contributed by atoms with van der Waals surface area (Å²) in [6, 6.07) is 0. The van der Waals surface area contributed by atoms with Gasteiger partial charge in [0.05, 0.1) is 12.3 Å². The van der Waals surface area contributed by atoms with Gasteiger partial charge in [-0.25, -0.2) is 4.98 Å². The number of aromatic nitrogens is 1. The predicted octanol–water partition coefficient (Wildman–Crippen LogP) is 1.98. The summed E-state index contributed by atoms with van der Waals surface area (Å²) in [4.78, 5) is 8.17. The van der Waals surface area contributed by atoms with Crippen LogP contribution in [0.2, 0.25) is 0 Å². The average Bonchev–Trinajstić information content (AvgIpc) is 2.82. The largest absolute Gasteiger partial charge is 0.378 e. The van der Waals surface area contributed by atoms with E-state index in [1.54, 1.807) is 18.4 Å². The lowest BCUT2D eigenvalue weighted by molar-refractivity contribution is 0.181. The lowest BCUT2D eigenvalue weighted by Gasteiger charge is -2.18. The summed E-state index contributed by atoms with van der Waals surface area (Å²) < 4.78 is 5.16. The van der Waals surface area contributed by atoms with Crippen molar-refractivity contribution in [3.05, 3.63) is 10.6 Å². The smallest absolute Gasteiger partial charge is 0.185 e. The van der Waals surface area contributed by atoms with Crippen molar-refractivity contribution < 1.29 is 4.74 Å². The van der Waals surface area contributed by atoms with E-state index in [4.69, 9.17) is 10.5 Å². The molecule has 4 nitrogen and oxygen atoms in total. The van der Waals surface area contributed by atoms with Gasteiger partial charge < -0.3 is 15.4 Å². The van der Waals surface area contributed by atoms with Gasteiger partial charge in [0.25, 0.3) is 0 Å². The molecule has 2 N–H and O–H groups in total. The van der Waals surface area contributed by atoms with Crippen LogP contribution < -0.4 is 10.6 Å². The highest BCUT2D eigenvalue weighted by molar-refractivity contribution is 7.15. The van der Waals surface area contributed by atoms with E-state index < -0.39 is 0 Å². The van der Waals surface area contributed by atoms with Crippen LogP contribution in [0, 0.1) is 5.41 Å². The highest BCUT2D eigenvalue weighted by Gasteiger charge is 2.31. The molecule has 17 heavy (non-hydrogen) atoms. The molecule has 0 spiro atoms. The van der Waals surface area contributed by atoms with E-state index in [1.807, 2.05) is 0 Å². The van der Waals surface area contributed by atoms with Crippen molar-refractivity contribution in [3.63, 3.8) is 0 Å². The molecule has 0 bridgehead atoms. The molecule has 96 valence electrons. The maximum Gasteiger partial charge on any atom is 0.185 e. The van der Waals surface area contributed by atoms with Crippen LogP contribution in [-0.2, 0) is 17.9 Å². The van der Waals surface area contributed by atoms with Crippen molar-refractivity contribution in [1.29, 1.82) is 0 Å². The number of nitrogens with two attached hydrogens (primary N) is 1. The monoisotopic (exact) mass is 255 g/mol. The molecule has 2 heterocycles. The zero-order valence-electron chi connectivity index (χ0n) is 10.8. The molecule has 0 atom stereocenters. The fraction of sp³-hybridized carbons (Fsp3) is 0.750. The molecule has 0 amide bonds. The third kappa shape index (κ3) is 2.78. The minimum atomic E-state index is 0.399. The van der Waals surface area contributed by atoms with E-state index in [0.29, 0.717) is 18.6 Å². The second-order valence-electron chi connectivity index (χ2n) is 5.34. The summed E-state index contributed by atoms with van der Waals surface area (Å²) in [5.41, 5.74) is 7.14. The molecule has 0 saturated carbocycles. The van der Waals surface area contributed by atoms with Gasteiger partial charge >= 0.3 is 0 Å². The van der Waals surface area contributed by atoms with E-state index in [0.717, 1.165) is 28.8 Å². The SMILES string of the molecule is COCc1nc(N2CCC(C)(C)C2)sc1CN. The molecule has 1 aliphatic rings. The average molecular weight is 255 g/mol. The van der Waals surface area contributed by atoms with E-state index in [-0.39, 0.29) is 0 Å². The predicted molar refractivity (Wildman–Crippen MR) is 71.3 cm³/mol. The van der Waals surface area contributed by atoms with Crippen LogP contribution in [-0.4, -0.2) is 25.2 Å². The molecule has 0 unspecified atom stereocenters. The fourth-order valence-electron chi connectivity index (χ4n) is 2.19. The minimum absolute atomic E-state index is 0.399. The number of nitrogens with zero attached hydrogens (tertiary/aromatic N) is 2. The van der Waals surface area contributed by atoms with Crippen LogP contribution in [0.25, 0.3) is 0 Å². The van der Waals surface area contributed by atoms with Crippen molar-refractivity contribution in [2.75, 3.05) is 25.1 Å². The molecular weight excluding hydrogens is 234 g/mol. The topological polar surface area (TPSA) is 51.4 Å². The molecule has 0 radical (unpaired) electrons.